The maximum Gasteiger partial charge on any atom is 0.420 e. The number of fused-ring (bicyclic) bond motifs is 2. The molecule has 0 saturated carbocycles. The van der Waals surface area contributed by atoms with Gasteiger partial charge < -0.3 is 14.2 Å². The van der Waals surface area contributed by atoms with Gasteiger partial charge in [-0.25, -0.2) is 27.6 Å². The maximum absolute atomic E-state index is 13.4. The highest BCUT2D eigenvalue weighted by Crippen LogP contribution is 2.37. The van der Waals surface area contributed by atoms with Crippen LogP contribution >= 0.6 is 0 Å². The lowest BCUT2D eigenvalue weighted by Crippen LogP contribution is -2.46. The molecule has 2 aliphatic rings. The van der Waals surface area contributed by atoms with Gasteiger partial charge in [0.25, 0.3) is 0 Å². The highest BCUT2D eigenvalue weighted by molar-refractivity contribution is 7.72. The quantitative estimate of drug-likeness (QED) is 0.398. The van der Waals surface area contributed by atoms with E-state index in [1.807, 2.05) is 59.4 Å². The maximum atomic E-state index is 13.4. The van der Waals surface area contributed by atoms with Gasteiger partial charge in [0.1, 0.15) is 16.8 Å². The third-order valence-electron chi connectivity index (χ3n) is 7.65. The summed E-state index contributed by atoms with van der Waals surface area (Å²) < 4.78 is 41.9. The van der Waals surface area contributed by atoms with Gasteiger partial charge in [0.05, 0.1) is 25.1 Å². The summed E-state index contributed by atoms with van der Waals surface area (Å²) in [6.07, 6.45) is 3.23. The second-order valence-corrected chi connectivity index (χ2v) is 14.5. The fraction of sp³-hybridized carbons (Fsp3) is 0.531. The minimum Gasteiger partial charge on any atom is -0.444 e. The van der Waals surface area contributed by atoms with Gasteiger partial charge in [-0.15, -0.1) is 0 Å². The van der Waals surface area contributed by atoms with Crippen LogP contribution in [0.15, 0.2) is 30.6 Å². The number of morpholine rings is 1. The summed E-state index contributed by atoms with van der Waals surface area (Å²) >= 11 is 0. The lowest BCUT2D eigenvalue weighted by atomic mass is 9.87. The van der Waals surface area contributed by atoms with E-state index >= 15 is 0 Å². The second kappa shape index (κ2) is 12.1. The van der Waals surface area contributed by atoms with Gasteiger partial charge in [-0.05, 0) is 94.8 Å². The number of carbonyl (C=O) groups is 2. The molecule has 12 heteroatoms. The van der Waals surface area contributed by atoms with E-state index in [1.165, 1.54) is 4.57 Å². The Morgan fingerprint density at radius 3 is 2.39 bits per heavy atom. The SMILES string of the molecule is Cc1cn(C(=O)OC(C)(C)C)c2ncc(-c3cc4c(c([C@@H]5COCCN5C(=O)OC(C)(C)C)c3)CN(C[SH](=O)=O)CC4)cc12. The van der Waals surface area contributed by atoms with Gasteiger partial charge in [-0.3, -0.25) is 9.80 Å². The van der Waals surface area contributed by atoms with E-state index < -0.39 is 40.1 Å². The Balaban J connectivity index is 1.59. The van der Waals surface area contributed by atoms with E-state index in [1.54, 1.807) is 17.3 Å². The molecule has 0 unspecified atom stereocenters. The Bertz CT molecular complexity index is 1660. The lowest BCUT2D eigenvalue weighted by Gasteiger charge is -2.39. The molecule has 4 heterocycles. The van der Waals surface area contributed by atoms with Crippen LogP contribution in [-0.4, -0.2) is 83.3 Å². The van der Waals surface area contributed by atoms with Crippen molar-refractivity contribution in [2.75, 3.05) is 32.2 Å². The van der Waals surface area contributed by atoms with Crippen LogP contribution in [0.4, 0.5) is 9.59 Å². The first-order chi connectivity index (χ1) is 20.6. The predicted molar refractivity (Wildman–Crippen MR) is 167 cm³/mol. The highest BCUT2D eigenvalue weighted by atomic mass is 32.2. The first kappa shape index (κ1) is 31.9. The molecule has 1 fully saturated rings. The molecule has 1 aromatic carbocycles. The van der Waals surface area contributed by atoms with E-state index in [9.17, 15) is 18.0 Å². The van der Waals surface area contributed by atoms with Crippen molar-refractivity contribution in [3.63, 3.8) is 0 Å². The van der Waals surface area contributed by atoms with Crippen molar-refractivity contribution in [3.05, 3.63) is 52.8 Å². The van der Waals surface area contributed by atoms with Gasteiger partial charge in [0.2, 0.25) is 0 Å². The van der Waals surface area contributed by atoms with Gasteiger partial charge >= 0.3 is 12.2 Å². The number of benzene rings is 1. The molecular formula is C32H42N4O7S. The van der Waals surface area contributed by atoms with Crippen LogP contribution in [0.25, 0.3) is 22.2 Å². The molecule has 2 aromatic heterocycles. The molecule has 44 heavy (non-hydrogen) atoms. The van der Waals surface area contributed by atoms with Gasteiger partial charge in [0, 0.05) is 43.0 Å². The fourth-order valence-corrected chi connectivity index (χ4v) is 6.34. The Labute approximate surface area is 260 Å². The predicted octanol–water partition coefficient (Wildman–Crippen LogP) is 5.03. The Kier molecular flexibility index (Phi) is 8.80. The highest BCUT2D eigenvalue weighted by Gasteiger charge is 2.35. The molecule has 1 atom stereocenters. The summed E-state index contributed by atoms with van der Waals surface area (Å²) in [6, 6.07) is 5.78. The number of ether oxygens (including phenoxy) is 3. The molecule has 3 aromatic rings. The molecule has 1 amide bonds. The molecule has 238 valence electrons. The van der Waals surface area contributed by atoms with E-state index in [2.05, 4.69) is 17.1 Å². The first-order valence-electron chi connectivity index (χ1n) is 14.9. The van der Waals surface area contributed by atoms with Crippen molar-refractivity contribution >= 4 is 33.9 Å². The molecular weight excluding hydrogens is 584 g/mol. The molecule has 11 nitrogen and oxygen atoms in total. The molecule has 0 N–H and O–H groups in total. The molecule has 0 aliphatic carbocycles. The van der Waals surface area contributed by atoms with Crippen molar-refractivity contribution < 1.29 is 32.2 Å². The lowest BCUT2D eigenvalue weighted by molar-refractivity contribution is -0.0334. The summed E-state index contributed by atoms with van der Waals surface area (Å²) in [4.78, 5) is 34.6. The first-order valence-corrected chi connectivity index (χ1v) is 16.2. The van der Waals surface area contributed by atoms with Crippen molar-refractivity contribution in [3.8, 4) is 11.1 Å². The fourth-order valence-electron chi connectivity index (χ4n) is 5.77. The van der Waals surface area contributed by atoms with Crippen molar-refractivity contribution in [2.24, 2.45) is 0 Å². The van der Waals surface area contributed by atoms with Crippen molar-refractivity contribution in [1.29, 1.82) is 0 Å². The number of carbonyl (C=O) groups excluding carboxylic acids is 2. The van der Waals surface area contributed by atoms with Crippen LogP contribution in [0.3, 0.4) is 0 Å². The minimum atomic E-state index is -2.57. The van der Waals surface area contributed by atoms with Crippen LogP contribution in [0.5, 0.6) is 0 Å². The number of hydrogen-bond acceptors (Lipinski definition) is 9. The molecule has 5 rings (SSSR count). The summed E-state index contributed by atoms with van der Waals surface area (Å²) in [5.74, 6) is -0.0264. The Hall–Kier alpha value is -3.48. The van der Waals surface area contributed by atoms with Gasteiger partial charge in [-0.2, -0.15) is 0 Å². The number of thiol groups is 1. The number of hydrogen-bond donors (Lipinski definition) is 1. The number of aromatic nitrogens is 2. The monoisotopic (exact) mass is 626 g/mol. The Morgan fingerprint density at radius 1 is 1.00 bits per heavy atom. The molecule has 1 saturated heterocycles. The van der Waals surface area contributed by atoms with Gasteiger partial charge in [-0.1, -0.05) is 6.07 Å². The summed E-state index contributed by atoms with van der Waals surface area (Å²) in [5, 5.41) is 0.828. The van der Waals surface area contributed by atoms with Crippen LogP contribution in [-0.2, 0) is 37.9 Å². The molecule has 2 aliphatic heterocycles. The van der Waals surface area contributed by atoms with Crippen LogP contribution in [0, 0.1) is 6.92 Å². The average Bonchev–Trinajstić information content (AvgIpc) is 3.26. The third kappa shape index (κ3) is 7.08. The zero-order chi connectivity index (χ0) is 32.0. The minimum absolute atomic E-state index is 0.0264. The second-order valence-electron chi connectivity index (χ2n) is 13.5. The topological polar surface area (TPSA) is 120 Å². The molecule has 0 radical (unpaired) electrons. The number of nitrogens with zero attached hydrogens (tertiary/aromatic N) is 4. The largest absolute Gasteiger partial charge is 0.444 e. The Morgan fingerprint density at radius 2 is 1.70 bits per heavy atom. The van der Waals surface area contributed by atoms with Crippen molar-refractivity contribution in [2.45, 2.75) is 78.7 Å². The van der Waals surface area contributed by atoms with E-state index in [0.717, 1.165) is 38.8 Å². The number of aryl methyl sites for hydroxylation is 1. The van der Waals surface area contributed by atoms with Crippen LogP contribution in [0.2, 0.25) is 0 Å². The average molecular weight is 627 g/mol. The zero-order valence-corrected chi connectivity index (χ0v) is 27.4. The van der Waals surface area contributed by atoms with Crippen LogP contribution < -0.4 is 0 Å². The van der Waals surface area contributed by atoms with E-state index in [-0.39, 0.29) is 5.88 Å². The standard InChI is InChI=1S/C32H42N4O7S/c1-20-16-36(30(38)43-32(5,6)7)28-24(20)14-23(15-33-28)22-12-21-8-9-34(19-44(39)40)17-26(21)25(13-22)27-18-41-11-10-35(27)29(37)42-31(2,3)4/h12-16,27,44H,8-11,17-19H2,1-7H3/t27-/m0/s1. The molecule has 0 spiro atoms. The molecule has 0 bridgehead atoms. The summed E-state index contributed by atoms with van der Waals surface area (Å²) in [7, 11) is -2.57. The zero-order valence-electron chi connectivity index (χ0n) is 26.5. The smallest absolute Gasteiger partial charge is 0.420 e. The summed E-state index contributed by atoms with van der Waals surface area (Å²) in [6.45, 7) is 15.0. The van der Waals surface area contributed by atoms with Crippen molar-refractivity contribution in [1.82, 2.24) is 19.4 Å². The third-order valence-corrected chi connectivity index (χ3v) is 8.28. The van der Waals surface area contributed by atoms with E-state index in [4.69, 9.17) is 14.2 Å². The van der Waals surface area contributed by atoms with E-state index in [0.29, 0.717) is 44.9 Å². The normalized spacial score (nSPS) is 18.0. The number of pyridine rings is 1. The number of amides is 1. The number of rotatable bonds is 4. The van der Waals surface area contributed by atoms with Gasteiger partial charge in [0.15, 0.2) is 10.7 Å². The van der Waals surface area contributed by atoms with Crippen LogP contribution in [0.1, 0.15) is 69.8 Å². The summed E-state index contributed by atoms with van der Waals surface area (Å²) in [5.41, 5.74) is 4.86.